The molecule has 4 saturated carbocycles. The van der Waals surface area contributed by atoms with Gasteiger partial charge in [0.2, 0.25) is 0 Å². The molecule has 0 aromatic carbocycles. The van der Waals surface area contributed by atoms with Crippen LogP contribution >= 0.6 is 11.8 Å². The van der Waals surface area contributed by atoms with Gasteiger partial charge < -0.3 is 9.30 Å². The Morgan fingerprint density at radius 2 is 1.83 bits per heavy atom. The number of esters is 1. The predicted octanol–water partition coefficient (Wildman–Crippen LogP) is 3.23. The molecule has 1 aromatic heterocycles. The lowest BCUT2D eigenvalue weighted by atomic mass is 9.49. The maximum atomic E-state index is 11.5. The highest BCUT2D eigenvalue weighted by Gasteiger charge is 2.51. The van der Waals surface area contributed by atoms with Crippen molar-refractivity contribution in [3.8, 4) is 0 Å². The van der Waals surface area contributed by atoms with Gasteiger partial charge in [-0.25, -0.2) is 0 Å². The molecule has 0 amide bonds. The van der Waals surface area contributed by atoms with Crippen molar-refractivity contribution in [3.05, 3.63) is 5.82 Å². The van der Waals surface area contributed by atoms with Gasteiger partial charge in [0.25, 0.3) is 0 Å². The van der Waals surface area contributed by atoms with Crippen LogP contribution in [0.3, 0.4) is 0 Å². The highest BCUT2D eigenvalue weighted by atomic mass is 32.2. The average Bonchev–Trinajstić information content (AvgIpc) is 2.84. The Morgan fingerprint density at radius 1 is 1.21 bits per heavy atom. The first-order valence-electron chi connectivity index (χ1n) is 9.23. The van der Waals surface area contributed by atoms with Crippen LogP contribution in [0.5, 0.6) is 0 Å². The van der Waals surface area contributed by atoms with Gasteiger partial charge in [-0.3, -0.25) is 4.79 Å². The van der Waals surface area contributed by atoms with Gasteiger partial charge in [-0.2, -0.15) is 0 Å². The Kier molecular flexibility index (Phi) is 4.35. The fraction of sp³-hybridized carbons (Fsp3) is 0.833. The Morgan fingerprint density at radius 3 is 2.42 bits per heavy atom. The minimum atomic E-state index is -0.187. The molecule has 4 aliphatic rings. The Labute approximate surface area is 147 Å². The number of nitrogens with zero attached hydrogens (tertiary/aromatic N) is 3. The summed E-state index contributed by atoms with van der Waals surface area (Å²) in [6.07, 6.45) is 9.63. The summed E-state index contributed by atoms with van der Waals surface area (Å²) in [5.74, 6) is 4.08. The van der Waals surface area contributed by atoms with Crippen LogP contribution in [0.2, 0.25) is 0 Å². The van der Waals surface area contributed by atoms with Gasteiger partial charge >= 0.3 is 5.97 Å². The zero-order chi connectivity index (χ0) is 16.7. The van der Waals surface area contributed by atoms with Crippen LogP contribution in [0.1, 0.15) is 51.3 Å². The first kappa shape index (κ1) is 16.4. The number of rotatable bonds is 6. The largest absolute Gasteiger partial charge is 0.465 e. The number of aromatic nitrogens is 3. The Balaban J connectivity index is 1.43. The minimum Gasteiger partial charge on any atom is -0.465 e. The summed E-state index contributed by atoms with van der Waals surface area (Å²) < 4.78 is 7.07. The fourth-order valence-corrected chi connectivity index (χ4v) is 6.52. The molecule has 0 N–H and O–H groups in total. The highest BCUT2D eigenvalue weighted by Crippen LogP contribution is 2.60. The molecule has 5 rings (SSSR count). The monoisotopic (exact) mass is 349 g/mol. The van der Waals surface area contributed by atoms with Gasteiger partial charge in [0, 0.05) is 13.5 Å². The van der Waals surface area contributed by atoms with Gasteiger partial charge in [-0.05, 0) is 68.6 Å². The molecule has 0 atom stereocenters. The third kappa shape index (κ3) is 3.09. The van der Waals surface area contributed by atoms with Crippen molar-refractivity contribution in [2.75, 3.05) is 12.4 Å². The quantitative estimate of drug-likeness (QED) is 0.583. The van der Waals surface area contributed by atoms with Crippen LogP contribution in [0.25, 0.3) is 0 Å². The van der Waals surface area contributed by atoms with Crippen molar-refractivity contribution < 1.29 is 9.53 Å². The molecule has 0 spiro atoms. The molecule has 4 bridgehead atoms. The zero-order valence-corrected chi connectivity index (χ0v) is 15.5. The van der Waals surface area contributed by atoms with E-state index in [2.05, 4.69) is 14.8 Å². The number of hydrogen-bond acceptors (Lipinski definition) is 5. The van der Waals surface area contributed by atoms with Crippen LogP contribution in [0.15, 0.2) is 5.16 Å². The van der Waals surface area contributed by atoms with E-state index in [1.165, 1.54) is 50.3 Å². The summed E-state index contributed by atoms with van der Waals surface area (Å²) in [6.45, 7) is 2.25. The minimum absolute atomic E-state index is 0.187. The molecule has 4 aliphatic carbocycles. The number of ether oxygens (including phenoxy) is 1. The normalized spacial score (nSPS) is 33.8. The van der Waals surface area contributed by atoms with Crippen LogP contribution < -0.4 is 0 Å². The number of carbonyl (C=O) groups excluding carboxylic acids is 1. The highest BCUT2D eigenvalue weighted by molar-refractivity contribution is 7.99. The van der Waals surface area contributed by atoms with E-state index in [9.17, 15) is 4.79 Å². The zero-order valence-electron chi connectivity index (χ0n) is 14.7. The maximum absolute atomic E-state index is 11.5. The molecule has 6 heteroatoms. The maximum Gasteiger partial charge on any atom is 0.316 e. The van der Waals surface area contributed by atoms with Gasteiger partial charge in [0.1, 0.15) is 5.82 Å². The molecule has 0 saturated heterocycles. The molecular formula is C18H27N3O2S. The SMILES string of the molecule is CCOC(=O)CSc1nnc(CC23CC4CC(CC(C4)C2)C3)n1C. The summed E-state index contributed by atoms with van der Waals surface area (Å²) in [6, 6.07) is 0. The van der Waals surface area contributed by atoms with Crippen LogP contribution in [0, 0.1) is 23.2 Å². The fourth-order valence-electron chi connectivity index (χ4n) is 5.79. The molecule has 0 aliphatic heterocycles. The van der Waals surface area contributed by atoms with E-state index in [0.29, 0.717) is 17.8 Å². The third-order valence-corrected chi connectivity index (χ3v) is 7.24. The first-order chi connectivity index (χ1) is 11.6. The molecule has 24 heavy (non-hydrogen) atoms. The van der Waals surface area contributed by atoms with E-state index in [0.717, 1.165) is 35.2 Å². The van der Waals surface area contributed by atoms with E-state index in [1.807, 2.05) is 14.0 Å². The second-order valence-corrected chi connectivity index (χ2v) is 9.09. The van der Waals surface area contributed by atoms with Crippen molar-refractivity contribution >= 4 is 17.7 Å². The Bertz CT molecular complexity index is 592. The first-order valence-corrected chi connectivity index (χ1v) is 10.2. The van der Waals surface area contributed by atoms with Gasteiger partial charge in [-0.15, -0.1) is 10.2 Å². The van der Waals surface area contributed by atoms with Gasteiger partial charge in [0.15, 0.2) is 5.16 Å². The number of hydrogen-bond donors (Lipinski definition) is 0. The predicted molar refractivity (Wildman–Crippen MR) is 92.7 cm³/mol. The standard InChI is InChI=1S/C18H27N3O2S/c1-3-23-16(22)11-24-17-20-19-15(21(17)2)10-18-7-12-4-13(8-18)6-14(5-12)9-18/h12-14H,3-11H2,1-2H3. The summed E-state index contributed by atoms with van der Waals surface area (Å²) in [5.41, 5.74) is 0.471. The molecular weight excluding hydrogens is 322 g/mol. The molecule has 1 aromatic rings. The summed E-state index contributed by atoms with van der Waals surface area (Å²) >= 11 is 1.42. The lowest BCUT2D eigenvalue weighted by molar-refractivity contribution is -0.139. The molecule has 0 unspecified atom stereocenters. The van der Waals surface area contributed by atoms with E-state index in [4.69, 9.17) is 4.74 Å². The Hall–Kier alpha value is -1.04. The second-order valence-electron chi connectivity index (χ2n) is 8.15. The lowest BCUT2D eigenvalue weighted by Gasteiger charge is -2.56. The van der Waals surface area contributed by atoms with E-state index in [1.54, 1.807) is 0 Å². The molecule has 1 heterocycles. The molecule has 132 valence electrons. The van der Waals surface area contributed by atoms with Crippen molar-refractivity contribution in [1.82, 2.24) is 14.8 Å². The van der Waals surface area contributed by atoms with Crippen LogP contribution in [-0.4, -0.2) is 33.1 Å². The molecule has 0 radical (unpaired) electrons. The lowest BCUT2D eigenvalue weighted by Crippen LogP contribution is -2.47. The van der Waals surface area contributed by atoms with Crippen molar-refractivity contribution in [3.63, 3.8) is 0 Å². The van der Waals surface area contributed by atoms with Gasteiger partial charge in [-0.1, -0.05) is 11.8 Å². The van der Waals surface area contributed by atoms with Crippen molar-refractivity contribution in [1.29, 1.82) is 0 Å². The topological polar surface area (TPSA) is 57.0 Å². The van der Waals surface area contributed by atoms with E-state index >= 15 is 0 Å². The molecule has 4 fully saturated rings. The average molecular weight is 350 g/mol. The summed E-state index contributed by atoms with van der Waals surface area (Å²) in [5, 5.41) is 9.59. The van der Waals surface area contributed by atoms with E-state index < -0.39 is 0 Å². The third-order valence-electron chi connectivity index (χ3n) is 6.25. The van der Waals surface area contributed by atoms with Crippen LogP contribution in [0.4, 0.5) is 0 Å². The van der Waals surface area contributed by atoms with Crippen molar-refractivity contribution in [2.24, 2.45) is 30.2 Å². The van der Waals surface area contributed by atoms with Crippen LogP contribution in [-0.2, 0) is 23.0 Å². The summed E-state index contributed by atoms with van der Waals surface area (Å²) in [4.78, 5) is 11.5. The number of thioether (sulfide) groups is 1. The van der Waals surface area contributed by atoms with E-state index in [-0.39, 0.29) is 5.97 Å². The second kappa shape index (κ2) is 6.36. The molecule has 5 nitrogen and oxygen atoms in total. The van der Waals surface area contributed by atoms with Crippen molar-refractivity contribution in [2.45, 2.75) is 57.0 Å². The van der Waals surface area contributed by atoms with Gasteiger partial charge in [0.05, 0.1) is 12.4 Å². The summed E-state index contributed by atoms with van der Waals surface area (Å²) in [7, 11) is 2.03. The smallest absolute Gasteiger partial charge is 0.316 e. The number of carbonyl (C=O) groups is 1.